The van der Waals surface area contributed by atoms with E-state index in [4.69, 9.17) is 9.47 Å². The highest BCUT2D eigenvalue weighted by atomic mass is 32.2. The van der Waals surface area contributed by atoms with Crippen molar-refractivity contribution in [2.45, 2.75) is 24.8 Å². The standard InChI is InChI=1S/C26H28N2O3S/c1-3-30-22-7-4-6-21(17-22)28-14-5-15-31-25-16-20(10-13-24(25)28)26(29)27-18-19-8-11-23(32-2)12-9-19/h4,6-13,16-17H,3,5,14-15,18H2,1-2H3,(H,27,29). The van der Waals surface area contributed by atoms with Crippen molar-refractivity contribution < 1.29 is 14.3 Å². The Bertz CT molecular complexity index is 1070. The molecule has 0 aromatic heterocycles. The summed E-state index contributed by atoms with van der Waals surface area (Å²) in [6.07, 6.45) is 2.94. The molecule has 3 aromatic rings. The first-order chi connectivity index (χ1) is 15.7. The summed E-state index contributed by atoms with van der Waals surface area (Å²) in [5.41, 5.74) is 3.67. The molecule has 6 heteroatoms. The van der Waals surface area contributed by atoms with Crippen molar-refractivity contribution in [2.75, 3.05) is 30.9 Å². The third-order valence-electron chi connectivity index (χ3n) is 5.35. The van der Waals surface area contributed by atoms with Crippen LogP contribution in [0.15, 0.2) is 71.6 Å². The predicted molar refractivity (Wildman–Crippen MR) is 131 cm³/mol. The summed E-state index contributed by atoms with van der Waals surface area (Å²) in [6.45, 7) is 4.54. The zero-order valence-electron chi connectivity index (χ0n) is 18.5. The van der Waals surface area contributed by atoms with Crippen molar-refractivity contribution in [1.29, 1.82) is 0 Å². The topological polar surface area (TPSA) is 50.8 Å². The van der Waals surface area contributed by atoms with Crippen molar-refractivity contribution in [2.24, 2.45) is 0 Å². The minimum absolute atomic E-state index is 0.112. The van der Waals surface area contributed by atoms with E-state index in [2.05, 4.69) is 28.4 Å². The van der Waals surface area contributed by atoms with Gasteiger partial charge in [0.2, 0.25) is 0 Å². The fourth-order valence-electron chi connectivity index (χ4n) is 3.72. The van der Waals surface area contributed by atoms with Gasteiger partial charge in [0.15, 0.2) is 0 Å². The maximum Gasteiger partial charge on any atom is 0.251 e. The molecule has 4 rings (SSSR count). The van der Waals surface area contributed by atoms with Crippen LogP contribution in [-0.2, 0) is 6.54 Å². The molecule has 0 saturated carbocycles. The number of anilines is 2. The molecule has 3 aromatic carbocycles. The minimum Gasteiger partial charge on any atom is -0.494 e. The Morgan fingerprint density at radius 1 is 1.12 bits per heavy atom. The molecule has 0 atom stereocenters. The van der Waals surface area contributed by atoms with E-state index in [0.29, 0.717) is 25.3 Å². The highest BCUT2D eigenvalue weighted by Gasteiger charge is 2.20. The van der Waals surface area contributed by atoms with Crippen molar-refractivity contribution >= 4 is 29.0 Å². The molecule has 0 spiro atoms. The second-order valence-electron chi connectivity index (χ2n) is 7.50. The number of hydrogen-bond donors (Lipinski definition) is 1. The summed E-state index contributed by atoms with van der Waals surface area (Å²) in [7, 11) is 0. The minimum atomic E-state index is -0.112. The van der Waals surface area contributed by atoms with Crippen LogP contribution in [0, 0.1) is 0 Å². The van der Waals surface area contributed by atoms with Gasteiger partial charge >= 0.3 is 0 Å². The Morgan fingerprint density at radius 3 is 2.75 bits per heavy atom. The van der Waals surface area contributed by atoms with E-state index in [-0.39, 0.29) is 5.91 Å². The molecule has 0 fully saturated rings. The van der Waals surface area contributed by atoms with Crippen molar-refractivity contribution in [1.82, 2.24) is 5.32 Å². The molecule has 1 amide bonds. The van der Waals surface area contributed by atoms with Crippen LogP contribution in [0.4, 0.5) is 11.4 Å². The molecule has 5 nitrogen and oxygen atoms in total. The number of hydrogen-bond acceptors (Lipinski definition) is 5. The molecule has 1 heterocycles. The van der Waals surface area contributed by atoms with Gasteiger partial charge in [-0.15, -0.1) is 11.8 Å². The van der Waals surface area contributed by atoms with Crippen molar-refractivity contribution in [3.05, 3.63) is 77.9 Å². The predicted octanol–water partition coefficient (Wildman–Crippen LogP) is 5.66. The third kappa shape index (κ3) is 5.19. The Morgan fingerprint density at radius 2 is 1.97 bits per heavy atom. The van der Waals surface area contributed by atoms with Gasteiger partial charge in [-0.1, -0.05) is 18.2 Å². The number of thioether (sulfide) groups is 1. The summed E-state index contributed by atoms with van der Waals surface area (Å²) >= 11 is 1.70. The summed E-state index contributed by atoms with van der Waals surface area (Å²) in [5.74, 6) is 1.46. The van der Waals surface area contributed by atoms with E-state index in [0.717, 1.165) is 41.4 Å². The third-order valence-corrected chi connectivity index (χ3v) is 6.09. The first kappa shape index (κ1) is 22.1. The number of amides is 1. The Kier molecular flexibility index (Phi) is 7.22. The molecule has 1 aliphatic rings. The molecule has 1 N–H and O–H groups in total. The molecule has 0 radical (unpaired) electrons. The molecule has 166 valence electrons. The van der Waals surface area contributed by atoms with E-state index < -0.39 is 0 Å². The second kappa shape index (κ2) is 10.5. The van der Waals surface area contributed by atoms with Crippen molar-refractivity contribution in [3.8, 4) is 11.5 Å². The van der Waals surface area contributed by atoms with E-state index >= 15 is 0 Å². The van der Waals surface area contributed by atoms with Crippen LogP contribution in [0.3, 0.4) is 0 Å². The molecule has 1 aliphatic heterocycles. The lowest BCUT2D eigenvalue weighted by Gasteiger charge is -2.24. The zero-order chi connectivity index (χ0) is 22.3. The van der Waals surface area contributed by atoms with Gasteiger partial charge in [-0.05, 0) is 67.6 Å². The highest BCUT2D eigenvalue weighted by molar-refractivity contribution is 7.98. The van der Waals surface area contributed by atoms with E-state index in [1.807, 2.05) is 61.7 Å². The van der Waals surface area contributed by atoms with E-state index in [1.165, 1.54) is 4.90 Å². The fraction of sp³-hybridized carbons (Fsp3) is 0.269. The summed E-state index contributed by atoms with van der Waals surface area (Å²) < 4.78 is 11.7. The van der Waals surface area contributed by atoms with Crippen LogP contribution in [0.2, 0.25) is 0 Å². The molecule has 0 unspecified atom stereocenters. The smallest absolute Gasteiger partial charge is 0.251 e. The van der Waals surface area contributed by atoms with E-state index in [1.54, 1.807) is 11.8 Å². The van der Waals surface area contributed by atoms with Gasteiger partial charge < -0.3 is 19.7 Å². The quantitative estimate of drug-likeness (QED) is 0.473. The van der Waals surface area contributed by atoms with Crippen LogP contribution < -0.4 is 19.7 Å². The van der Waals surface area contributed by atoms with E-state index in [9.17, 15) is 4.79 Å². The number of fused-ring (bicyclic) bond motifs is 1. The van der Waals surface area contributed by atoms with Gasteiger partial charge in [0.1, 0.15) is 11.5 Å². The average molecular weight is 449 g/mol. The van der Waals surface area contributed by atoms with Crippen LogP contribution in [-0.4, -0.2) is 31.9 Å². The molecule has 0 saturated heterocycles. The van der Waals surface area contributed by atoms with Crippen LogP contribution in [0.1, 0.15) is 29.3 Å². The zero-order valence-corrected chi connectivity index (χ0v) is 19.3. The number of rotatable bonds is 7. The maximum absolute atomic E-state index is 12.8. The Balaban J connectivity index is 1.51. The van der Waals surface area contributed by atoms with Gasteiger partial charge in [0.05, 0.1) is 18.9 Å². The first-order valence-electron chi connectivity index (χ1n) is 10.9. The molecule has 32 heavy (non-hydrogen) atoms. The fourth-order valence-corrected chi connectivity index (χ4v) is 4.13. The lowest BCUT2D eigenvalue weighted by atomic mass is 10.1. The van der Waals surface area contributed by atoms with Gasteiger partial charge in [0.25, 0.3) is 5.91 Å². The number of carbonyl (C=O) groups excluding carboxylic acids is 1. The number of ether oxygens (including phenoxy) is 2. The summed E-state index contributed by atoms with van der Waals surface area (Å²) in [5, 5.41) is 3.01. The molecular formula is C26H28N2O3S. The lowest BCUT2D eigenvalue weighted by molar-refractivity contribution is 0.0950. The van der Waals surface area contributed by atoms with Crippen LogP contribution in [0.25, 0.3) is 0 Å². The van der Waals surface area contributed by atoms with Gasteiger partial charge in [-0.25, -0.2) is 0 Å². The van der Waals surface area contributed by atoms with Gasteiger partial charge in [-0.2, -0.15) is 0 Å². The number of nitrogens with zero attached hydrogens (tertiary/aromatic N) is 1. The second-order valence-corrected chi connectivity index (χ2v) is 8.38. The Hall–Kier alpha value is -3.12. The normalized spacial score (nSPS) is 13.0. The molecule has 0 aliphatic carbocycles. The summed E-state index contributed by atoms with van der Waals surface area (Å²) in [6, 6.07) is 22.0. The lowest BCUT2D eigenvalue weighted by Crippen LogP contribution is -2.23. The van der Waals surface area contributed by atoms with Gasteiger partial charge in [0, 0.05) is 35.3 Å². The van der Waals surface area contributed by atoms with Crippen LogP contribution >= 0.6 is 11.8 Å². The Labute approximate surface area is 193 Å². The molecule has 0 bridgehead atoms. The van der Waals surface area contributed by atoms with Crippen LogP contribution in [0.5, 0.6) is 11.5 Å². The maximum atomic E-state index is 12.8. The monoisotopic (exact) mass is 448 g/mol. The summed E-state index contributed by atoms with van der Waals surface area (Å²) in [4.78, 5) is 16.2. The van der Waals surface area contributed by atoms with Crippen molar-refractivity contribution in [3.63, 3.8) is 0 Å². The number of nitrogens with one attached hydrogen (secondary N) is 1. The SMILES string of the molecule is CCOc1cccc(N2CCCOc3cc(C(=O)NCc4ccc(SC)cc4)ccc32)c1. The average Bonchev–Trinajstić information content (AvgIpc) is 3.05. The number of benzene rings is 3. The number of carbonyl (C=O) groups is 1. The molecular weight excluding hydrogens is 420 g/mol. The highest BCUT2D eigenvalue weighted by Crippen LogP contribution is 2.37. The largest absolute Gasteiger partial charge is 0.494 e. The van der Waals surface area contributed by atoms with Gasteiger partial charge in [-0.3, -0.25) is 4.79 Å². The first-order valence-corrected chi connectivity index (χ1v) is 12.1.